The Kier molecular flexibility index (Phi) is 4.12. The van der Waals surface area contributed by atoms with Crippen LogP contribution in [-0.2, 0) is 4.74 Å². The maximum atomic E-state index is 13.2. The smallest absolute Gasteiger partial charge is 0.413 e. The maximum absolute atomic E-state index is 13.2. The Hall–Kier alpha value is -1.76. The number of amides is 1. The summed E-state index contributed by atoms with van der Waals surface area (Å²) in [5.74, 6) is -2.33. The van der Waals surface area contributed by atoms with Crippen LogP contribution in [0.4, 0.5) is 19.4 Å². The van der Waals surface area contributed by atoms with Gasteiger partial charge in [0, 0.05) is 13.2 Å². The van der Waals surface area contributed by atoms with Crippen LogP contribution in [0.1, 0.15) is 0 Å². The Balaban J connectivity index is 2.96. The Morgan fingerprint density at radius 3 is 2.81 bits per heavy atom. The molecule has 0 fully saturated rings. The maximum Gasteiger partial charge on any atom is 0.413 e. The predicted molar refractivity (Wildman–Crippen MR) is 51.4 cm³/mol. The number of rotatable bonds is 4. The lowest BCUT2D eigenvalue weighted by molar-refractivity contribution is 0.185. The molecule has 0 radical (unpaired) electrons. The molecule has 0 atom stereocenters. The van der Waals surface area contributed by atoms with Gasteiger partial charge < -0.3 is 9.84 Å². The molecule has 1 N–H and O–H groups in total. The first-order chi connectivity index (χ1) is 7.56. The van der Waals surface area contributed by atoms with Gasteiger partial charge in [0.15, 0.2) is 11.6 Å². The van der Waals surface area contributed by atoms with Gasteiger partial charge in [0.05, 0.1) is 19.3 Å². The average molecular weight is 232 g/mol. The third-order valence-electron chi connectivity index (χ3n) is 1.79. The van der Waals surface area contributed by atoms with Crippen LogP contribution in [0.3, 0.4) is 0 Å². The highest BCUT2D eigenvalue weighted by Crippen LogP contribution is 2.16. The Labute approximate surface area is 90.3 Å². The lowest BCUT2D eigenvalue weighted by Crippen LogP contribution is -2.34. The van der Waals surface area contributed by atoms with E-state index in [4.69, 9.17) is 5.11 Å². The van der Waals surface area contributed by atoms with Crippen molar-refractivity contribution in [3.05, 3.63) is 23.9 Å². The van der Waals surface area contributed by atoms with Gasteiger partial charge in [0.25, 0.3) is 0 Å². The number of pyridine rings is 1. The topological polar surface area (TPSA) is 62.7 Å². The van der Waals surface area contributed by atoms with Crippen molar-refractivity contribution < 1.29 is 23.4 Å². The van der Waals surface area contributed by atoms with E-state index < -0.39 is 23.5 Å². The van der Waals surface area contributed by atoms with Crippen LogP contribution < -0.4 is 4.90 Å². The molecule has 1 heterocycles. The third-order valence-corrected chi connectivity index (χ3v) is 1.79. The molecule has 0 aromatic carbocycles. The van der Waals surface area contributed by atoms with Crippen molar-refractivity contribution in [3.63, 3.8) is 0 Å². The van der Waals surface area contributed by atoms with Crippen molar-refractivity contribution in [2.24, 2.45) is 0 Å². The first kappa shape index (κ1) is 12.3. The van der Waals surface area contributed by atoms with Gasteiger partial charge in [-0.2, -0.15) is 0 Å². The molecule has 0 saturated heterocycles. The van der Waals surface area contributed by atoms with Gasteiger partial charge in [-0.25, -0.2) is 18.6 Å². The van der Waals surface area contributed by atoms with E-state index in [9.17, 15) is 13.6 Å². The summed E-state index contributed by atoms with van der Waals surface area (Å²) in [6.45, 7) is 0.00613. The molecule has 5 nitrogen and oxygen atoms in total. The van der Waals surface area contributed by atoms with E-state index in [0.717, 1.165) is 6.20 Å². The molecule has 1 aromatic rings. The van der Waals surface area contributed by atoms with Crippen LogP contribution in [-0.4, -0.2) is 36.4 Å². The lowest BCUT2D eigenvalue weighted by Gasteiger charge is -2.17. The molecule has 1 aromatic heterocycles. The number of hydrogen-bond acceptors (Lipinski definition) is 3. The summed E-state index contributed by atoms with van der Waals surface area (Å²) < 4.78 is 30.5. The molecular formula is C9H10F2N2O3. The summed E-state index contributed by atoms with van der Waals surface area (Å²) in [6, 6.07) is 0.574. The van der Waals surface area contributed by atoms with Crippen molar-refractivity contribution in [3.8, 4) is 0 Å². The molecule has 1 rings (SSSR count). The number of anilines is 1. The second-order valence-corrected chi connectivity index (χ2v) is 2.89. The molecule has 0 bridgehead atoms. The molecule has 0 saturated carbocycles. The predicted octanol–water partition coefficient (Wildman–Crippen LogP) is 1.49. The van der Waals surface area contributed by atoms with E-state index in [-0.39, 0.29) is 13.2 Å². The number of nitrogens with zero attached hydrogens (tertiary/aromatic N) is 2. The zero-order valence-corrected chi connectivity index (χ0v) is 8.48. The standard InChI is InChI=1S/C9H10F2N2O3/c1-16-3-2-13(9(14)15)8-7(11)4-6(10)5-12-8/h4-5H,2-3H2,1H3,(H,14,15). The first-order valence-corrected chi connectivity index (χ1v) is 4.36. The van der Waals surface area contributed by atoms with Gasteiger partial charge in [-0.3, -0.25) is 4.90 Å². The molecule has 0 spiro atoms. The molecule has 7 heteroatoms. The van der Waals surface area contributed by atoms with Crippen molar-refractivity contribution >= 4 is 11.9 Å². The summed E-state index contributed by atoms with van der Waals surface area (Å²) in [4.78, 5) is 14.9. The summed E-state index contributed by atoms with van der Waals surface area (Å²) in [7, 11) is 1.38. The molecule has 0 unspecified atom stereocenters. The van der Waals surface area contributed by atoms with E-state index in [1.807, 2.05) is 0 Å². The largest absolute Gasteiger partial charge is 0.465 e. The van der Waals surface area contributed by atoms with Gasteiger partial charge in [-0.15, -0.1) is 0 Å². The van der Waals surface area contributed by atoms with Crippen LogP contribution in [0.25, 0.3) is 0 Å². The number of ether oxygens (including phenoxy) is 1. The molecule has 1 amide bonds. The van der Waals surface area contributed by atoms with E-state index in [1.165, 1.54) is 7.11 Å². The van der Waals surface area contributed by atoms with Gasteiger partial charge in [-0.1, -0.05) is 0 Å². The number of carboxylic acid groups (broad SMARTS) is 1. The molecule has 88 valence electrons. The quantitative estimate of drug-likeness (QED) is 0.854. The van der Waals surface area contributed by atoms with Crippen LogP contribution in [0.2, 0.25) is 0 Å². The zero-order valence-electron chi connectivity index (χ0n) is 8.48. The Morgan fingerprint density at radius 1 is 1.62 bits per heavy atom. The second kappa shape index (κ2) is 5.36. The molecule has 16 heavy (non-hydrogen) atoms. The minimum absolute atomic E-state index is 0.0820. The average Bonchev–Trinajstić information content (AvgIpc) is 2.20. The van der Waals surface area contributed by atoms with Crippen molar-refractivity contribution in [1.82, 2.24) is 4.98 Å². The van der Waals surface area contributed by atoms with Crippen molar-refractivity contribution in [2.75, 3.05) is 25.2 Å². The molecule has 0 aliphatic heterocycles. The normalized spacial score (nSPS) is 10.2. The summed E-state index contributed by atoms with van der Waals surface area (Å²) in [5.41, 5.74) is 0. The zero-order chi connectivity index (χ0) is 12.1. The Bertz CT molecular complexity index is 387. The minimum atomic E-state index is -1.38. The highest BCUT2D eigenvalue weighted by molar-refractivity contribution is 5.84. The van der Waals surface area contributed by atoms with Gasteiger partial charge in [-0.05, 0) is 0 Å². The molecular weight excluding hydrogens is 222 g/mol. The summed E-state index contributed by atoms with van der Waals surface area (Å²) >= 11 is 0. The van der Waals surface area contributed by atoms with E-state index in [2.05, 4.69) is 9.72 Å². The van der Waals surface area contributed by atoms with Gasteiger partial charge in [0.1, 0.15) is 5.82 Å². The van der Waals surface area contributed by atoms with E-state index in [0.29, 0.717) is 11.0 Å². The second-order valence-electron chi connectivity index (χ2n) is 2.89. The number of methoxy groups -OCH3 is 1. The summed E-state index contributed by atoms with van der Waals surface area (Å²) in [5, 5.41) is 8.82. The first-order valence-electron chi connectivity index (χ1n) is 4.36. The van der Waals surface area contributed by atoms with Gasteiger partial charge >= 0.3 is 6.09 Å². The highest BCUT2D eigenvalue weighted by Gasteiger charge is 2.19. The van der Waals surface area contributed by atoms with Gasteiger partial charge in [0.2, 0.25) is 0 Å². The Morgan fingerprint density at radius 2 is 2.31 bits per heavy atom. The van der Waals surface area contributed by atoms with Crippen LogP contribution in [0.15, 0.2) is 12.3 Å². The van der Waals surface area contributed by atoms with Crippen LogP contribution in [0, 0.1) is 11.6 Å². The lowest BCUT2D eigenvalue weighted by atomic mass is 10.4. The minimum Gasteiger partial charge on any atom is -0.465 e. The number of hydrogen-bond donors (Lipinski definition) is 1. The summed E-state index contributed by atoms with van der Waals surface area (Å²) in [6.07, 6.45) is -0.628. The fraction of sp³-hybridized carbons (Fsp3) is 0.333. The molecule has 0 aliphatic rings. The van der Waals surface area contributed by atoms with E-state index in [1.54, 1.807) is 0 Å². The fourth-order valence-electron chi connectivity index (χ4n) is 1.08. The van der Waals surface area contributed by atoms with Crippen molar-refractivity contribution in [2.45, 2.75) is 0 Å². The molecule has 0 aliphatic carbocycles. The SMILES string of the molecule is COCCN(C(=O)O)c1ncc(F)cc1F. The van der Waals surface area contributed by atoms with Crippen LogP contribution in [0.5, 0.6) is 0 Å². The number of aromatic nitrogens is 1. The number of halogens is 2. The third kappa shape index (κ3) is 2.86. The number of carbonyl (C=O) groups is 1. The highest BCUT2D eigenvalue weighted by atomic mass is 19.1. The fourth-order valence-corrected chi connectivity index (χ4v) is 1.08. The monoisotopic (exact) mass is 232 g/mol. The van der Waals surface area contributed by atoms with E-state index >= 15 is 0 Å². The van der Waals surface area contributed by atoms with Crippen LogP contribution >= 0.6 is 0 Å². The van der Waals surface area contributed by atoms with Crippen molar-refractivity contribution in [1.29, 1.82) is 0 Å².